The fraction of sp³-hybridized carbons (Fsp3) is 0.333. The molecule has 0 bridgehead atoms. The molecule has 218 valence electrons. The first-order chi connectivity index (χ1) is 20.1. The van der Waals surface area contributed by atoms with Crippen LogP contribution in [0.3, 0.4) is 0 Å². The van der Waals surface area contributed by atoms with Crippen molar-refractivity contribution >= 4 is 29.1 Å². The van der Waals surface area contributed by atoms with Crippen LogP contribution in [0.1, 0.15) is 66.7 Å². The number of nitrogens with zero attached hydrogens (tertiary/aromatic N) is 3. The number of nitrogen functional groups attached to an aromatic ring is 1. The van der Waals surface area contributed by atoms with E-state index in [2.05, 4.69) is 41.7 Å². The Kier molecular flexibility index (Phi) is 8.40. The predicted octanol–water partition coefficient (Wildman–Crippen LogP) is 6.07. The second kappa shape index (κ2) is 12.2. The summed E-state index contributed by atoms with van der Waals surface area (Å²) in [5.74, 6) is 0.630. The van der Waals surface area contributed by atoms with E-state index in [9.17, 15) is 9.59 Å². The van der Waals surface area contributed by atoms with E-state index in [1.54, 1.807) is 23.0 Å². The molecule has 4 aromatic rings. The van der Waals surface area contributed by atoms with Crippen molar-refractivity contribution in [2.45, 2.75) is 51.9 Å². The molecule has 9 nitrogen and oxygen atoms in total. The lowest BCUT2D eigenvalue weighted by molar-refractivity contribution is 0.0916. The van der Waals surface area contributed by atoms with Gasteiger partial charge in [-0.15, -0.1) is 0 Å². The Hall–Kier alpha value is -4.50. The van der Waals surface area contributed by atoms with Crippen molar-refractivity contribution in [2.24, 2.45) is 5.92 Å². The number of carbonyl (C=O) groups is 2. The fourth-order valence-electron chi connectivity index (χ4n) is 5.38. The van der Waals surface area contributed by atoms with Gasteiger partial charge in [0.2, 0.25) is 0 Å². The minimum Gasteiger partial charge on any atom is -0.383 e. The van der Waals surface area contributed by atoms with Gasteiger partial charge in [-0.3, -0.25) is 10.1 Å². The summed E-state index contributed by atoms with van der Waals surface area (Å²) >= 11 is 0. The van der Waals surface area contributed by atoms with Gasteiger partial charge in [0, 0.05) is 23.4 Å². The highest BCUT2D eigenvalue weighted by Gasteiger charge is 2.32. The van der Waals surface area contributed by atoms with Crippen LogP contribution in [0.15, 0.2) is 72.9 Å². The van der Waals surface area contributed by atoms with Crippen LogP contribution in [0.25, 0.3) is 5.69 Å². The van der Waals surface area contributed by atoms with Crippen LogP contribution in [-0.2, 0) is 5.41 Å². The predicted molar refractivity (Wildman–Crippen MR) is 167 cm³/mol. The zero-order chi connectivity index (χ0) is 29.9. The van der Waals surface area contributed by atoms with Gasteiger partial charge in [0.15, 0.2) is 5.78 Å². The van der Waals surface area contributed by atoms with Gasteiger partial charge in [-0.1, -0.05) is 50.6 Å². The van der Waals surface area contributed by atoms with Crippen LogP contribution in [0.5, 0.6) is 0 Å². The summed E-state index contributed by atoms with van der Waals surface area (Å²) in [5.41, 5.74) is 10.7. The van der Waals surface area contributed by atoms with Gasteiger partial charge in [-0.25, -0.2) is 14.5 Å². The van der Waals surface area contributed by atoms with Crippen molar-refractivity contribution < 1.29 is 9.59 Å². The molecule has 0 aliphatic carbocycles. The normalized spacial score (nSPS) is 14.8. The van der Waals surface area contributed by atoms with Gasteiger partial charge in [0.05, 0.1) is 22.9 Å². The SMILES string of the molecule is Cc1ccc(-n2nc(C(C)(C)C)cc2NC(=O)Nc2ccc(C(C(=O)c3cccnc3N)C3CCNCC3)cc2)cc1. The Labute approximate surface area is 246 Å². The summed E-state index contributed by atoms with van der Waals surface area (Å²) in [6.45, 7) is 10.0. The lowest BCUT2D eigenvalue weighted by atomic mass is 9.76. The molecule has 1 saturated heterocycles. The lowest BCUT2D eigenvalue weighted by Crippen LogP contribution is -2.34. The number of amides is 2. The van der Waals surface area contributed by atoms with E-state index < -0.39 is 0 Å². The minimum atomic E-state index is -0.384. The highest BCUT2D eigenvalue weighted by molar-refractivity contribution is 6.04. The Morgan fingerprint density at radius 1 is 1.00 bits per heavy atom. The van der Waals surface area contributed by atoms with Crippen LogP contribution >= 0.6 is 0 Å². The molecule has 0 radical (unpaired) electrons. The summed E-state index contributed by atoms with van der Waals surface area (Å²) in [4.78, 5) is 31.0. The van der Waals surface area contributed by atoms with Gasteiger partial charge in [0.1, 0.15) is 11.6 Å². The zero-order valence-electron chi connectivity index (χ0n) is 24.6. The second-order valence-electron chi connectivity index (χ2n) is 12.0. The molecule has 0 saturated carbocycles. The standard InChI is InChI=1S/C33H39N7O2/c1-21-7-13-25(14-8-21)40-28(20-27(39-40)33(2,3)4)38-32(42)37-24-11-9-22(10-12-24)29(23-15-18-35-19-16-23)30(41)26-6-5-17-36-31(26)34/h5-14,17,20,23,29,35H,15-16,18-19H2,1-4H3,(H2,34,36)(H2,37,38,42). The molecule has 1 unspecified atom stereocenters. The van der Waals surface area contributed by atoms with Crippen molar-refractivity contribution in [2.75, 3.05) is 29.5 Å². The number of aromatic nitrogens is 3. The summed E-state index contributed by atoms with van der Waals surface area (Å²) in [5, 5.41) is 14.1. The lowest BCUT2D eigenvalue weighted by Gasteiger charge is -2.30. The third-order valence-corrected chi connectivity index (χ3v) is 7.77. The molecule has 9 heteroatoms. The second-order valence-corrected chi connectivity index (χ2v) is 12.0. The topological polar surface area (TPSA) is 127 Å². The van der Waals surface area contributed by atoms with Gasteiger partial charge >= 0.3 is 6.03 Å². The summed E-state index contributed by atoms with van der Waals surface area (Å²) in [6.07, 6.45) is 3.38. The molecule has 2 amide bonds. The number of nitrogens with one attached hydrogen (secondary N) is 3. The number of urea groups is 1. The summed E-state index contributed by atoms with van der Waals surface area (Å²) in [6, 6.07) is 20.5. The van der Waals surface area contributed by atoms with Crippen LogP contribution < -0.4 is 21.7 Å². The number of benzene rings is 2. The molecule has 1 aliphatic heterocycles. The molecular formula is C33H39N7O2. The highest BCUT2D eigenvalue weighted by Crippen LogP contribution is 2.35. The molecule has 3 heterocycles. The Bertz CT molecular complexity index is 1550. The number of hydrogen-bond donors (Lipinski definition) is 4. The maximum atomic E-state index is 13.7. The number of rotatable bonds is 7. The molecule has 5 N–H and O–H groups in total. The van der Waals surface area contributed by atoms with Crippen molar-refractivity contribution in [1.82, 2.24) is 20.1 Å². The van der Waals surface area contributed by atoms with Crippen LogP contribution in [-0.4, -0.2) is 39.7 Å². The number of hydrogen-bond acceptors (Lipinski definition) is 6. The van der Waals surface area contributed by atoms with Crippen molar-refractivity contribution in [3.05, 3.63) is 95.3 Å². The van der Waals surface area contributed by atoms with E-state index in [4.69, 9.17) is 10.8 Å². The minimum absolute atomic E-state index is 0.0232. The van der Waals surface area contributed by atoms with Gasteiger partial charge in [-0.2, -0.15) is 5.10 Å². The molecule has 2 aromatic carbocycles. The van der Waals surface area contributed by atoms with E-state index in [1.807, 2.05) is 61.5 Å². The van der Waals surface area contributed by atoms with Crippen LogP contribution in [0.2, 0.25) is 0 Å². The Morgan fingerprint density at radius 2 is 1.69 bits per heavy atom. The van der Waals surface area contributed by atoms with Crippen molar-refractivity contribution in [3.8, 4) is 5.69 Å². The molecular weight excluding hydrogens is 526 g/mol. The highest BCUT2D eigenvalue weighted by atomic mass is 16.2. The van der Waals surface area contributed by atoms with Crippen LogP contribution in [0, 0.1) is 12.8 Å². The van der Waals surface area contributed by atoms with E-state index >= 15 is 0 Å². The van der Waals surface area contributed by atoms with Gasteiger partial charge < -0.3 is 16.4 Å². The first kappa shape index (κ1) is 29.0. The Balaban J connectivity index is 1.35. The number of ketones is 1. The average molecular weight is 566 g/mol. The maximum Gasteiger partial charge on any atom is 0.324 e. The summed E-state index contributed by atoms with van der Waals surface area (Å²) in [7, 11) is 0. The number of pyridine rings is 1. The number of piperidine rings is 1. The first-order valence-corrected chi connectivity index (χ1v) is 14.4. The van der Waals surface area contributed by atoms with E-state index in [0.717, 1.165) is 48.4 Å². The molecule has 2 aromatic heterocycles. The fourth-order valence-corrected chi connectivity index (χ4v) is 5.38. The van der Waals surface area contributed by atoms with Crippen molar-refractivity contribution in [1.29, 1.82) is 0 Å². The van der Waals surface area contributed by atoms with E-state index in [1.165, 1.54) is 0 Å². The molecule has 0 spiro atoms. The van der Waals surface area contributed by atoms with Gasteiger partial charge in [0.25, 0.3) is 0 Å². The van der Waals surface area contributed by atoms with Gasteiger partial charge in [-0.05, 0) is 80.7 Å². The third kappa shape index (κ3) is 6.52. The van der Waals surface area contributed by atoms with Crippen molar-refractivity contribution in [3.63, 3.8) is 0 Å². The third-order valence-electron chi connectivity index (χ3n) is 7.77. The van der Waals surface area contributed by atoms with Crippen LogP contribution in [0.4, 0.5) is 22.1 Å². The molecule has 42 heavy (non-hydrogen) atoms. The quantitative estimate of drug-likeness (QED) is 0.202. The average Bonchev–Trinajstić information content (AvgIpc) is 3.39. The number of anilines is 3. The zero-order valence-corrected chi connectivity index (χ0v) is 24.6. The smallest absolute Gasteiger partial charge is 0.324 e. The summed E-state index contributed by atoms with van der Waals surface area (Å²) < 4.78 is 1.75. The number of aryl methyl sites for hydroxylation is 1. The number of carbonyl (C=O) groups excluding carboxylic acids is 2. The van der Waals surface area contributed by atoms with E-state index in [0.29, 0.717) is 17.1 Å². The largest absolute Gasteiger partial charge is 0.383 e. The monoisotopic (exact) mass is 565 g/mol. The number of nitrogens with two attached hydrogens (primary N) is 1. The maximum absolute atomic E-state index is 13.7. The number of Topliss-reactive ketones (excluding diaryl/α,β-unsaturated/α-hetero) is 1. The molecule has 1 aliphatic rings. The molecule has 1 fully saturated rings. The first-order valence-electron chi connectivity index (χ1n) is 14.4. The molecule has 1 atom stereocenters. The molecule has 5 rings (SSSR count). The Morgan fingerprint density at radius 3 is 2.33 bits per heavy atom. The van der Waals surface area contributed by atoms with E-state index in [-0.39, 0.29) is 34.9 Å².